The van der Waals surface area contributed by atoms with Gasteiger partial charge in [0.1, 0.15) is 28.9 Å². The minimum Gasteiger partial charge on any atom is -0.491 e. The molecule has 2 aromatic rings. The number of rotatable bonds is 3. The summed E-state index contributed by atoms with van der Waals surface area (Å²) in [5, 5.41) is 12.5. The highest BCUT2D eigenvalue weighted by atomic mass is 35.5. The first-order valence-electron chi connectivity index (χ1n) is 6.03. The number of aromatic nitrogens is 1. The molecule has 0 saturated carbocycles. The third-order valence-corrected chi connectivity index (χ3v) is 3.31. The molecule has 3 rings (SSSR count). The van der Waals surface area contributed by atoms with Crippen LogP contribution in [0, 0.1) is 0 Å². The molecule has 2 heterocycles. The smallest absolute Gasteiger partial charge is 0.339 e. The molecule has 0 spiro atoms. The van der Waals surface area contributed by atoms with Crippen LogP contribution >= 0.6 is 11.6 Å². The minimum absolute atomic E-state index is 0.0822. The fraction of sp³-hybridized carbons (Fsp3) is 0.143. The molecule has 20 heavy (non-hydrogen) atoms. The van der Waals surface area contributed by atoms with Gasteiger partial charge >= 0.3 is 5.97 Å². The van der Waals surface area contributed by atoms with Crippen LogP contribution in [0.15, 0.2) is 36.4 Å². The summed E-state index contributed by atoms with van der Waals surface area (Å²) in [5.74, 6) is -0.0110. The van der Waals surface area contributed by atoms with Crippen molar-refractivity contribution in [2.24, 2.45) is 0 Å². The van der Waals surface area contributed by atoms with E-state index < -0.39 is 5.97 Å². The number of pyridine rings is 1. The van der Waals surface area contributed by atoms with E-state index in [0.717, 1.165) is 11.3 Å². The van der Waals surface area contributed by atoms with Gasteiger partial charge < -0.3 is 15.2 Å². The van der Waals surface area contributed by atoms with Crippen LogP contribution in [0.4, 0.5) is 5.82 Å². The third-order valence-electron chi connectivity index (χ3n) is 3.10. The molecule has 2 N–H and O–H groups in total. The average molecular weight is 291 g/mol. The second-order valence-corrected chi connectivity index (χ2v) is 4.77. The molecule has 1 aromatic heterocycles. The second-order valence-electron chi connectivity index (χ2n) is 4.38. The number of benzene rings is 1. The molecule has 102 valence electrons. The molecule has 0 amide bonds. The lowest BCUT2D eigenvalue weighted by molar-refractivity contribution is 0.0697. The maximum absolute atomic E-state index is 11.2. The normalized spacial score (nSPS) is 16.4. The molecule has 1 aliphatic rings. The Bertz CT molecular complexity index is 675. The van der Waals surface area contributed by atoms with E-state index in [-0.39, 0.29) is 22.6 Å². The lowest BCUT2D eigenvalue weighted by atomic mass is 10.1. The predicted molar refractivity (Wildman–Crippen MR) is 74.5 cm³/mol. The van der Waals surface area contributed by atoms with Crippen LogP contribution in [-0.4, -0.2) is 22.7 Å². The highest BCUT2D eigenvalue weighted by Gasteiger charge is 2.25. The van der Waals surface area contributed by atoms with Gasteiger partial charge in [0.25, 0.3) is 0 Å². The van der Waals surface area contributed by atoms with Crippen molar-refractivity contribution in [3.8, 4) is 5.75 Å². The highest BCUT2D eigenvalue weighted by molar-refractivity contribution is 6.29. The standard InChI is InChI=1S/C14H11ClN2O3/c15-12-6-5-9(14(18)19)13(17-12)16-10-7-20-11-4-2-1-3-8(10)11/h1-6,10H,7H2,(H,16,17)(H,18,19). The molecule has 0 radical (unpaired) electrons. The summed E-state index contributed by atoms with van der Waals surface area (Å²) in [6, 6.07) is 10.4. The minimum atomic E-state index is -1.05. The van der Waals surface area contributed by atoms with Gasteiger partial charge in [0.15, 0.2) is 0 Å². The Hall–Kier alpha value is -2.27. The number of carboxylic acids is 1. The van der Waals surface area contributed by atoms with Crippen molar-refractivity contribution in [1.82, 2.24) is 4.98 Å². The van der Waals surface area contributed by atoms with Crippen molar-refractivity contribution in [2.45, 2.75) is 6.04 Å². The molecule has 6 heteroatoms. The van der Waals surface area contributed by atoms with Gasteiger partial charge in [-0.2, -0.15) is 0 Å². The number of hydrogen-bond donors (Lipinski definition) is 2. The van der Waals surface area contributed by atoms with Crippen LogP contribution in [-0.2, 0) is 0 Å². The molecule has 0 fully saturated rings. The van der Waals surface area contributed by atoms with Gasteiger partial charge in [-0.3, -0.25) is 0 Å². The summed E-state index contributed by atoms with van der Waals surface area (Å²) in [4.78, 5) is 15.2. The van der Waals surface area contributed by atoms with Gasteiger partial charge in [0.2, 0.25) is 0 Å². The zero-order valence-electron chi connectivity index (χ0n) is 10.3. The number of nitrogens with one attached hydrogen (secondary N) is 1. The predicted octanol–water partition coefficient (Wildman–Crippen LogP) is 2.98. The summed E-state index contributed by atoms with van der Waals surface area (Å²) in [6.45, 7) is 0.423. The maximum atomic E-state index is 11.2. The van der Waals surface area contributed by atoms with Crippen LogP contribution < -0.4 is 10.1 Å². The maximum Gasteiger partial charge on any atom is 0.339 e. The number of carboxylic acid groups (broad SMARTS) is 1. The number of hydrogen-bond acceptors (Lipinski definition) is 4. The monoisotopic (exact) mass is 290 g/mol. The van der Waals surface area contributed by atoms with Crippen LogP contribution in [0.1, 0.15) is 22.0 Å². The number of ether oxygens (including phenoxy) is 1. The molecule has 0 aliphatic carbocycles. The van der Waals surface area contributed by atoms with E-state index in [2.05, 4.69) is 10.3 Å². The SMILES string of the molecule is O=C(O)c1ccc(Cl)nc1NC1COc2ccccc21. The van der Waals surface area contributed by atoms with E-state index >= 15 is 0 Å². The van der Waals surface area contributed by atoms with Gasteiger partial charge in [-0.05, 0) is 18.2 Å². The Balaban J connectivity index is 1.93. The molecule has 1 aromatic carbocycles. The number of para-hydroxylation sites is 1. The van der Waals surface area contributed by atoms with E-state index in [4.69, 9.17) is 16.3 Å². The van der Waals surface area contributed by atoms with E-state index in [1.165, 1.54) is 12.1 Å². The Labute approximate surface area is 120 Å². The van der Waals surface area contributed by atoms with Crippen molar-refractivity contribution in [1.29, 1.82) is 0 Å². The Morgan fingerprint density at radius 2 is 2.15 bits per heavy atom. The highest BCUT2D eigenvalue weighted by Crippen LogP contribution is 2.34. The second kappa shape index (κ2) is 5.02. The summed E-state index contributed by atoms with van der Waals surface area (Å²) in [6.07, 6.45) is 0. The van der Waals surface area contributed by atoms with Crippen LogP contribution in [0.3, 0.4) is 0 Å². The van der Waals surface area contributed by atoms with E-state index in [0.29, 0.717) is 6.61 Å². The topological polar surface area (TPSA) is 71.5 Å². The zero-order chi connectivity index (χ0) is 14.1. The first kappa shape index (κ1) is 12.7. The summed E-state index contributed by atoms with van der Waals surface area (Å²) >= 11 is 5.83. The summed E-state index contributed by atoms with van der Waals surface area (Å²) in [7, 11) is 0. The van der Waals surface area contributed by atoms with Gasteiger partial charge in [0.05, 0.1) is 6.04 Å². The largest absolute Gasteiger partial charge is 0.491 e. The lowest BCUT2D eigenvalue weighted by Crippen LogP contribution is -2.16. The van der Waals surface area contributed by atoms with Gasteiger partial charge in [0, 0.05) is 5.56 Å². The summed E-state index contributed by atoms with van der Waals surface area (Å²) < 4.78 is 5.54. The Morgan fingerprint density at radius 1 is 1.35 bits per heavy atom. The number of nitrogens with zero attached hydrogens (tertiary/aromatic N) is 1. The number of anilines is 1. The Morgan fingerprint density at radius 3 is 2.95 bits per heavy atom. The van der Waals surface area contributed by atoms with Crippen molar-refractivity contribution < 1.29 is 14.6 Å². The number of carbonyl (C=O) groups is 1. The van der Waals surface area contributed by atoms with Crippen LogP contribution in [0.2, 0.25) is 5.15 Å². The Kier molecular flexibility index (Phi) is 3.20. The fourth-order valence-electron chi connectivity index (χ4n) is 2.17. The molecular formula is C14H11ClN2O3. The van der Waals surface area contributed by atoms with Crippen molar-refractivity contribution in [3.63, 3.8) is 0 Å². The van der Waals surface area contributed by atoms with Gasteiger partial charge in [-0.25, -0.2) is 9.78 Å². The van der Waals surface area contributed by atoms with E-state index in [1.54, 1.807) is 0 Å². The first-order valence-corrected chi connectivity index (χ1v) is 6.41. The van der Waals surface area contributed by atoms with Gasteiger partial charge in [-0.15, -0.1) is 0 Å². The number of fused-ring (bicyclic) bond motifs is 1. The van der Waals surface area contributed by atoms with Crippen molar-refractivity contribution in [3.05, 3.63) is 52.7 Å². The molecule has 1 aliphatic heterocycles. The lowest BCUT2D eigenvalue weighted by Gasteiger charge is -2.14. The third kappa shape index (κ3) is 2.28. The van der Waals surface area contributed by atoms with E-state index in [9.17, 15) is 9.90 Å². The molecule has 1 atom stereocenters. The van der Waals surface area contributed by atoms with Crippen molar-refractivity contribution >= 4 is 23.4 Å². The quantitative estimate of drug-likeness (QED) is 0.850. The van der Waals surface area contributed by atoms with Crippen LogP contribution in [0.25, 0.3) is 0 Å². The summed E-state index contributed by atoms with van der Waals surface area (Å²) in [5.41, 5.74) is 1.06. The van der Waals surface area contributed by atoms with Crippen molar-refractivity contribution in [2.75, 3.05) is 11.9 Å². The molecule has 5 nitrogen and oxygen atoms in total. The molecule has 1 unspecified atom stereocenters. The number of halogens is 1. The van der Waals surface area contributed by atoms with Crippen LogP contribution in [0.5, 0.6) is 5.75 Å². The average Bonchev–Trinajstić information content (AvgIpc) is 2.82. The van der Waals surface area contributed by atoms with E-state index in [1.807, 2.05) is 24.3 Å². The molecule has 0 saturated heterocycles. The molecule has 0 bridgehead atoms. The first-order chi connectivity index (χ1) is 9.65. The fourth-order valence-corrected chi connectivity index (χ4v) is 2.31. The zero-order valence-corrected chi connectivity index (χ0v) is 11.1. The van der Waals surface area contributed by atoms with Gasteiger partial charge in [-0.1, -0.05) is 29.8 Å². The number of aromatic carboxylic acids is 1. The molecular weight excluding hydrogens is 280 g/mol.